The number of rotatable bonds is 1. The molecule has 3 nitrogen and oxygen atoms in total. The third-order valence-corrected chi connectivity index (χ3v) is 1.84. The van der Waals surface area contributed by atoms with Crippen LogP contribution in [0.1, 0.15) is 12.8 Å². The van der Waals surface area contributed by atoms with Crippen molar-refractivity contribution in [3.8, 4) is 0 Å². The van der Waals surface area contributed by atoms with Crippen LogP contribution in [0.25, 0.3) is 0 Å². The molecule has 1 saturated heterocycles. The van der Waals surface area contributed by atoms with E-state index in [0.717, 1.165) is 0 Å². The average molecular weight is 183 g/mol. The van der Waals surface area contributed by atoms with Crippen molar-refractivity contribution in [1.82, 2.24) is 5.32 Å². The van der Waals surface area contributed by atoms with Gasteiger partial charge in [0.15, 0.2) is 0 Å². The fourth-order valence-electron chi connectivity index (χ4n) is 1.20. The van der Waals surface area contributed by atoms with Crippen LogP contribution in [0, 0.1) is 0 Å². The summed E-state index contributed by atoms with van der Waals surface area (Å²) in [5.74, 6) is -1.22. The highest BCUT2D eigenvalue weighted by molar-refractivity contribution is 5.73. The third-order valence-electron chi connectivity index (χ3n) is 1.84. The number of aliphatic carboxylic acids is 1. The standard InChI is InChI=1S/C6H8F3NO2/c7-6(8,9)4-2-1-3(10-4)5(11)12/h3-4,10H,1-2H2,(H,11,12)/t3-,4-/m1/s1. The van der Waals surface area contributed by atoms with Gasteiger partial charge in [-0.15, -0.1) is 0 Å². The molecule has 0 bridgehead atoms. The summed E-state index contributed by atoms with van der Waals surface area (Å²) in [4.78, 5) is 10.2. The van der Waals surface area contributed by atoms with E-state index in [9.17, 15) is 18.0 Å². The Balaban J connectivity index is 2.51. The van der Waals surface area contributed by atoms with Gasteiger partial charge in [-0.05, 0) is 12.8 Å². The van der Waals surface area contributed by atoms with Gasteiger partial charge in [0.05, 0.1) is 0 Å². The van der Waals surface area contributed by atoms with Crippen LogP contribution in [0.2, 0.25) is 0 Å². The predicted molar refractivity (Wildman–Crippen MR) is 33.6 cm³/mol. The van der Waals surface area contributed by atoms with Gasteiger partial charge in [-0.2, -0.15) is 13.2 Å². The molecule has 0 radical (unpaired) electrons. The van der Waals surface area contributed by atoms with E-state index >= 15 is 0 Å². The number of alkyl halides is 3. The van der Waals surface area contributed by atoms with Crippen molar-refractivity contribution < 1.29 is 23.1 Å². The summed E-state index contributed by atoms with van der Waals surface area (Å²) in [6.07, 6.45) is -4.44. The molecule has 2 N–H and O–H groups in total. The zero-order valence-electron chi connectivity index (χ0n) is 6.06. The van der Waals surface area contributed by atoms with Gasteiger partial charge in [0.25, 0.3) is 0 Å². The molecule has 1 heterocycles. The van der Waals surface area contributed by atoms with Crippen molar-refractivity contribution in [2.24, 2.45) is 0 Å². The summed E-state index contributed by atoms with van der Waals surface area (Å²) in [5.41, 5.74) is 0. The summed E-state index contributed by atoms with van der Waals surface area (Å²) in [6.45, 7) is 0. The van der Waals surface area contributed by atoms with Gasteiger partial charge in [-0.1, -0.05) is 0 Å². The van der Waals surface area contributed by atoms with E-state index in [-0.39, 0.29) is 12.8 Å². The van der Waals surface area contributed by atoms with E-state index in [1.807, 2.05) is 5.32 Å². The normalized spacial score (nSPS) is 30.6. The maximum atomic E-state index is 11.9. The maximum Gasteiger partial charge on any atom is 0.403 e. The molecule has 0 aromatic heterocycles. The Morgan fingerprint density at radius 1 is 1.42 bits per heavy atom. The molecule has 0 spiro atoms. The second-order valence-electron chi connectivity index (χ2n) is 2.73. The second-order valence-corrected chi connectivity index (χ2v) is 2.73. The molecule has 0 aromatic carbocycles. The Labute approximate surface area is 66.6 Å². The van der Waals surface area contributed by atoms with Gasteiger partial charge in [0, 0.05) is 0 Å². The SMILES string of the molecule is O=C(O)[C@H]1CC[C@H](C(F)(F)F)N1. The van der Waals surface area contributed by atoms with E-state index in [4.69, 9.17) is 5.11 Å². The first-order chi connectivity index (χ1) is 5.41. The first-order valence-corrected chi connectivity index (χ1v) is 3.47. The van der Waals surface area contributed by atoms with Crippen LogP contribution in [0.3, 0.4) is 0 Å². The maximum absolute atomic E-state index is 11.9. The first kappa shape index (κ1) is 9.31. The van der Waals surface area contributed by atoms with E-state index in [1.54, 1.807) is 0 Å². The summed E-state index contributed by atoms with van der Waals surface area (Å²) in [7, 11) is 0. The average Bonchev–Trinajstić information content (AvgIpc) is 2.30. The molecule has 1 fully saturated rings. The number of nitrogens with one attached hydrogen (secondary N) is 1. The van der Waals surface area contributed by atoms with Gasteiger partial charge in [-0.3, -0.25) is 10.1 Å². The van der Waals surface area contributed by atoms with Crippen LogP contribution >= 0.6 is 0 Å². The molecule has 0 aromatic rings. The smallest absolute Gasteiger partial charge is 0.403 e. The second kappa shape index (κ2) is 2.93. The van der Waals surface area contributed by atoms with Crippen LogP contribution in [0.15, 0.2) is 0 Å². The molecule has 1 rings (SSSR count). The Morgan fingerprint density at radius 3 is 2.25 bits per heavy atom. The Morgan fingerprint density at radius 2 is 2.00 bits per heavy atom. The molecule has 2 atom stereocenters. The van der Waals surface area contributed by atoms with Crippen LogP contribution in [-0.2, 0) is 4.79 Å². The number of carboxylic acids is 1. The minimum Gasteiger partial charge on any atom is -0.480 e. The number of halogens is 3. The fourth-order valence-corrected chi connectivity index (χ4v) is 1.20. The summed E-state index contributed by atoms with van der Waals surface area (Å²) >= 11 is 0. The number of hydrogen-bond donors (Lipinski definition) is 2. The minimum atomic E-state index is -4.33. The van der Waals surface area contributed by atoms with Crippen LogP contribution in [0.5, 0.6) is 0 Å². The summed E-state index contributed by atoms with van der Waals surface area (Å²) in [5, 5.41) is 10.4. The van der Waals surface area contributed by atoms with Crippen molar-refractivity contribution >= 4 is 5.97 Å². The van der Waals surface area contributed by atoms with Crippen molar-refractivity contribution in [1.29, 1.82) is 0 Å². The Bertz CT molecular complexity index is 192. The first-order valence-electron chi connectivity index (χ1n) is 3.47. The zero-order valence-corrected chi connectivity index (χ0v) is 6.06. The van der Waals surface area contributed by atoms with Gasteiger partial charge in [0.1, 0.15) is 12.1 Å². The zero-order chi connectivity index (χ0) is 9.35. The molecular formula is C6H8F3NO2. The van der Waals surface area contributed by atoms with Crippen LogP contribution in [0.4, 0.5) is 13.2 Å². The topological polar surface area (TPSA) is 49.3 Å². The van der Waals surface area contributed by atoms with E-state index < -0.39 is 24.2 Å². The van der Waals surface area contributed by atoms with Crippen LogP contribution in [-0.4, -0.2) is 29.3 Å². The van der Waals surface area contributed by atoms with Crippen molar-refractivity contribution in [2.45, 2.75) is 31.1 Å². The van der Waals surface area contributed by atoms with Gasteiger partial charge in [0.2, 0.25) is 0 Å². The molecule has 12 heavy (non-hydrogen) atoms. The van der Waals surface area contributed by atoms with Gasteiger partial charge >= 0.3 is 12.1 Å². The Kier molecular flexibility index (Phi) is 2.27. The molecule has 1 aliphatic rings. The number of carboxylic acid groups (broad SMARTS) is 1. The summed E-state index contributed by atoms with van der Waals surface area (Å²) < 4.78 is 35.8. The molecule has 0 saturated carbocycles. The number of hydrogen-bond acceptors (Lipinski definition) is 2. The lowest BCUT2D eigenvalue weighted by Gasteiger charge is -2.14. The quantitative estimate of drug-likeness (QED) is 0.630. The van der Waals surface area contributed by atoms with Crippen molar-refractivity contribution in [3.05, 3.63) is 0 Å². The third kappa shape index (κ3) is 1.88. The predicted octanol–water partition coefficient (Wildman–Crippen LogP) is 0.754. The highest BCUT2D eigenvalue weighted by Crippen LogP contribution is 2.28. The van der Waals surface area contributed by atoms with Crippen molar-refractivity contribution in [2.75, 3.05) is 0 Å². The fraction of sp³-hybridized carbons (Fsp3) is 0.833. The van der Waals surface area contributed by atoms with E-state index in [0.29, 0.717) is 0 Å². The highest BCUT2D eigenvalue weighted by Gasteiger charge is 2.45. The Hall–Kier alpha value is -0.780. The molecule has 0 amide bonds. The molecule has 70 valence electrons. The van der Waals surface area contributed by atoms with Crippen molar-refractivity contribution in [3.63, 3.8) is 0 Å². The van der Waals surface area contributed by atoms with E-state index in [1.165, 1.54) is 0 Å². The lowest BCUT2D eigenvalue weighted by atomic mass is 10.2. The van der Waals surface area contributed by atoms with Gasteiger partial charge < -0.3 is 5.11 Å². The largest absolute Gasteiger partial charge is 0.480 e. The molecule has 0 aliphatic carbocycles. The van der Waals surface area contributed by atoms with E-state index in [2.05, 4.69) is 0 Å². The molecule has 1 aliphatic heterocycles. The lowest BCUT2D eigenvalue weighted by molar-refractivity contribution is -0.154. The minimum absolute atomic E-state index is 0.0412. The highest BCUT2D eigenvalue weighted by atomic mass is 19.4. The lowest BCUT2D eigenvalue weighted by Crippen LogP contribution is -2.43. The summed E-state index contributed by atoms with van der Waals surface area (Å²) in [6, 6.07) is -2.70. The van der Waals surface area contributed by atoms with Gasteiger partial charge in [-0.25, -0.2) is 0 Å². The molecule has 6 heteroatoms. The molecular weight excluding hydrogens is 175 g/mol. The monoisotopic (exact) mass is 183 g/mol. The number of carbonyl (C=O) groups is 1. The molecule has 0 unspecified atom stereocenters. The van der Waals surface area contributed by atoms with Crippen LogP contribution < -0.4 is 5.32 Å².